The smallest absolute Gasteiger partial charge is 0.233 e. The number of halogens is 2. The number of aromatic nitrogens is 1. The molecule has 0 saturated carbocycles. The first-order valence-electron chi connectivity index (χ1n) is 6.48. The first-order chi connectivity index (χ1) is 10.1. The standard InChI is InChI=1S/C14H15ClIN3O2/c15-10-8-11(16)14(13-9(10)4-3-6-18-13)21-7-2-1-5-12(20)19-17/h3-4,6,8H,1-2,5,7,17H2,(H,19,20). The third kappa shape index (κ3) is 4.18. The van der Waals surface area contributed by atoms with E-state index in [2.05, 4.69) is 33.0 Å². The fraction of sp³-hybridized carbons (Fsp3) is 0.286. The normalized spacial score (nSPS) is 10.6. The lowest BCUT2D eigenvalue weighted by Gasteiger charge is -2.11. The number of rotatable bonds is 6. The van der Waals surface area contributed by atoms with Gasteiger partial charge in [0.2, 0.25) is 5.91 Å². The van der Waals surface area contributed by atoms with Crippen LogP contribution in [0.1, 0.15) is 19.3 Å². The van der Waals surface area contributed by atoms with E-state index in [1.165, 1.54) is 0 Å². The molecule has 0 atom stereocenters. The van der Waals surface area contributed by atoms with Crippen molar-refractivity contribution >= 4 is 51.0 Å². The molecule has 1 aromatic heterocycles. The van der Waals surface area contributed by atoms with Crippen molar-refractivity contribution in [1.29, 1.82) is 0 Å². The molecule has 0 spiro atoms. The molecule has 0 aliphatic carbocycles. The lowest BCUT2D eigenvalue weighted by molar-refractivity contribution is -0.121. The molecule has 0 unspecified atom stereocenters. The van der Waals surface area contributed by atoms with Crippen molar-refractivity contribution in [2.75, 3.05) is 6.61 Å². The van der Waals surface area contributed by atoms with Crippen LogP contribution in [0.3, 0.4) is 0 Å². The van der Waals surface area contributed by atoms with Gasteiger partial charge in [-0.05, 0) is 53.6 Å². The number of carbonyl (C=O) groups excluding carboxylic acids is 1. The van der Waals surface area contributed by atoms with Crippen molar-refractivity contribution in [1.82, 2.24) is 10.4 Å². The van der Waals surface area contributed by atoms with Gasteiger partial charge in [-0.25, -0.2) is 5.84 Å². The van der Waals surface area contributed by atoms with Crippen LogP contribution in [-0.2, 0) is 4.79 Å². The predicted octanol–water partition coefficient (Wildman–Crippen LogP) is 3.03. The summed E-state index contributed by atoms with van der Waals surface area (Å²) in [7, 11) is 0. The number of pyridine rings is 1. The van der Waals surface area contributed by atoms with Crippen LogP contribution in [-0.4, -0.2) is 17.5 Å². The molecule has 1 heterocycles. The number of unbranched alkanes of at least 4 members (excludes halogenated alkanes) is 1. The zero-order chi connectivity index (χ0) is 15.2. The Morgan fingerprint density at radius 1 is 1.48 bits per heavy atom. The number of hydrogen-bond acceptors (Lipinski definition) is 4. The van der Waals surface area contributed by atoms with Crippen molar-refractivity contribution in [3.05, 3.63) is 33.0 Å². The summed E-state index contributed by atoms with van der Waals surface area (Å²) >= 11 is 8.39. The Kier molecular flexibility index (Phi) is 6.01. The SMILES string of the molecule is NNC(=O)CCCCOc1c(I)cc(Cl)c2cccnc12. The molecule has 1 amide bonds. The number of nitrogens with one attached hydrogen (secondary N) is 1. The Morgan fingerprint density at radius 2 is 2.29 bits per heavy atom. The van der Waals surface area contributed by atoms with Crippen molar-refractivity contribution in [3.63, 3.8) is 0 Å². The van der Waals surface area contributed by atoms with Crippen LogP contribution in [0.25, 0.3) is 10.9 Å². The van der Waals surface area contributed by atoms with Gasteiger partial charge >= 0.3 is 0 Å². The van der Waals surface area contributed by atoms with E-state index in [0.717, 1.165) is 33.1 Å². The number of hydrogen-bond donors (Lipinski definition) is 2. The third-order valence-electron chi connectivity index (χ3n) is 2.96. The predicted molar refractivity (Wildman–Crippen MR) is 91.1 cm³/mol. The van der Waals surface area contributed by atoms with E-state index >= 15 is 0 Å². The Morgan fingerprint density at radius 3 is 3.05 bits per heavy atom. The van der Waals surface area contributed by atoms with Crippen molar-refractivity contribution in [3.8, 4) is 5.75 Å². The number of fused-ring (bicyclic) bond motifs is 1. The number of benzene rings is 1. The molecular formula is C14H15ClIN3O2. The topological polar surface area (TPSA) is 77.2 Å². The van der Waals surface area contributed by atoms with Gasteiger partial charge in [-0.3, -0.25) is 15.2 Å². The average Bonchev–Trinajstić information content (AvgIpc) is 2.49. The molecule has 3 N–H and O–H groups in total. The Bertz CT molecular complexity index is 651. The molecule has 2 aromatic rings. The average molecular weight is 420 g/mol. The molecule has 0 aliphatic heterocycles. The van der Waals surface area contributed by atoms with E-state index in [-0.39, 0.29) is 5.91 Å². The molecule has 112 valence electrons. The number of hydrazine groups is 1. The molecule has 1 aromatic carbocycles. The second-order valence-corrected chi connectivity index (χ2v) is 6.01. The van der Waals surface area contributed by atoms with Gasteiger partial charge < -0.3 is 4.74 Å². The minimum Gasteiger partial charge on any atom is -0.490 e. The summed E-state index contributed by atoms with van der Waals surface area (Å²) in [6, 6.07) is 5.62. The van der Waals surface area contributed by atoms with Gasteiger partial charge in [0.1, 0.15) is 5.52 Å². The monoisotopic (exact) mass is 419 g/mol. The second-order valence-electron chi connectivity index (χ2n) is 4.44. The van der Waals surface area contributed by atoms with E-state index in [0.29, 0.717) is 18.1 Å². The highest BCUT2D eigenvalue weighted by molar-refractivity contribution is 14.1. The van der Waals surface area contributed by atoms with E-state index in [4.69, 9.17) is 22.2 Å². The zero-order valence-corrected chi connectivity index (χ0v) is 14.1. The summed E-state index contributed by atoms with van der Waals surface area (Å²) in [5.41, 5.74) is 2.87. The minimum absolute atomic E-state index is 0.164. The molecule has 0 saturated heterocycles. The summed E-state index contributed by atoms with van der Waals surface area (Å²) in [5, 5.41) is 1.53. The van der Waals surface area contributed by atoms with Crippen LogP contribution >= 0.6 is 34.2 Å². The molecule has 0 fully saturated rings. The highest BCUT2D eigenvalue weighted by atomic mass is 127. The molecule has 0 bridgehead atoms. The highest BCUT2D eigenvalue weighted by Crippen LogP contribution is 2.34. The van der Waals surface area contributed by atoms with Gasteiger partial charge in [-0.15, -0.1) is 0 Å². The molecule has 0 radical (unpaired) electrons. The summed E-state index contributed by atoms with van der Waals surface area (Å²) in [6.07, 6.45) is 3.60. The van der Waals surface area contributed by atoms with Gasteiger partial charge in [-0.2, -0.15) is 0 Å². The lowest BCUT2D eigenvalue weighted by Crippen LogP contribution is -2.29. The number of carbonyl (C=O) groups is 1. The number of ether oxygens (including phenoxy) is 1. The minimum atomic E-state index is -0.164. The van der Waals surface area contributed by atoms with Crippen molar-refractivity contribution < 1.29 is 9.53 Å². The lowest BCUT2D eigenvalue weighted by atomic mass is 10.2. The van der Waals surface area contributed by atoms with Crippen LogP contribution < -0.4 is 16.0 Å². The maximum atomic E-state index is 11.0. The molecule has 7 heteroatoms. The molecular weight excluding hydrogens is 405 g/mol. The van der Waals surface area contributed by atoms with Gasteiger partial charge in [0.15, 0.2) is 5.75 Å². The van der Waals surface area contributed by atoms with Crippen LogP contribution in [0.15, 0.2) is 24.4 Å². The fourth-order valence-corrected chi connectivity index (χ4v) is 3.09. The third-order valence-corrected chi connectivity index (χ3v) is 4.07. The summed E-state index contributed by atoms with van der Waals surface area (Å²) < 4.78 is 6.75. The fourth-order valence-electron chi connectivity index (χ4n) is 1.92. The molecule has 5 nitrogen and oxygen atoms in total. The van der Waals surface area contributed by atoms with Gasteiger partial charge in [-0.1, -0.05) is 11.6 Å². The van der Waals surface area contributed by atoms with Crippen LogP contribution in [0.5, 0.6) is 5.75 Å². The zero-order valence-electron chi connectivity index (χ0n) is 11.2. The Hall–Kier alpha value is -1.12. The quantitative estimate of drug-likeness (QED) is 0.248. The molecule has 2 rings (SSSR count). The number of amides is 1. The Labute approximate surface area is 141 Å². The van der Waals surface area contributed by atoms with Gasteiger partial charge in [0, 0.05) is 18.0 Å². The van der Waals surface area contributed by atoms with E-state index in [1.807, 2.05) is 18.2 Å². The maximum absolute atomic E-state index is 11.0. The van der Waals surface area contributed by atoms with E-state index in [1.54, 1.807) is 6.20 Å². The molecule has 0 aliphatic rings. The molecule has 21 heavy (non-hydrogen) atoms. The largest absolute Gasteiger partial charge is 0.490 e. The summed E-state index contributed by atoms with van der Waals surface area (Å²) in [6.45, 7) is 0.515. The van der Waals surface area contributed by atoms with Crippen LogP contribution in [0.4, 0.5) is 0 Å². The highest BCUT2D eigenvalue weighted by Gasteiger charge is 2.11. The van der Waals surface area contributed by atoms with Gasteiger partial charge in [0.25, 0.3) is 0 Å². The first kappa shape index (κ1) is 16.3. The van der Waals surface area contributed by atoms with E-state index < -0.39 is 0 Å². The number of nitrogens with two attached hydrogens (primary N) is 1. The maximum Gasteiger partial charge on any atom is 0.233 e. The van der Waals surface area contributed by atoms with Crippen LogP contribution in [0, 0.1) is 3.57 Å². The van der Waals surface area contributed by atoms with E-state index in [9.17, 15) is 4.79 Å². The first-order valence-corrected chi connectivity index (χ1v) is 7.94. The second kappa shape index (κ2) is 7.77. The Balaban J connectivity index is 2.03. The van der Waals surface area contributed by atoms with Crippen molar-refractivity contribution in [2.24, 2.45) is 5.84 Å². The van der Waals surface area contributed by atoms with Gasteiger partial charge in [0.05, 0.1) is 15.2 Å². The number of nitrogens with zero attached hydrogens (tertiary/aromatic N) is 1. The summed E-state index contributed by atoms with van der Waals surface area (Å²) in [4.78, 5) is 15.4. The summed E-state index contributed by atoms with van der Waals surface area (Å²) in [5.74, 6) is 5.59. The van der Waals surface area contributed by atoms with Crippen molar-refractivity contribution in [2.45, 2.75) is 19.3 Å². The van der Waals surface area contributed by atoms with Crippen LogP contribution in [0.2, 0.25) is 5.02 Å².